The highest BCUT2D eigenvalue weighted by Crippen LogP contribution is 2.41. The molecule has 1 atom stereocenters. The molecule has 1 heterocycles. The minimum atomic E-state index is -1.06. The topological polar surface area (TPSA) is 135 Å². The zero-order valence-electron chi connectivity index (χ0n) is 20.2. The van der Waals surface area contributed by atoms with E-state index < -0.39 is 46.4 Å². The van der Waals surface area contributed by atoms with Crippen LogP contribution in [-0.2, 0) is 9.53 Å². The molecule has 3 N–H and O–H groups in total. The van der Waals surface area contributed by atoms with E-state index in [4.69, 9.17) is 13.9 Å². The van der Waals surface area contributed by atoms with Crippen molar-refractivity contribution >= 4 is 23.0 Å². The molecule has 0 saturated heterocycles. The summed E-state index contributed by atoms with van der Waals surface area (Å²) < 4.78 is 16.3. The van der Waals surface area contributed by atoms with Crippen LogP contribution in [0.3, 0.4) is 0 Å². The van der Waals surface area contributed by atoms with E-state index in [0.717, 1.165) is 6.07 Å². The molecule has 0 aliphatic heterocycles. The molecular formula is C26H29NO8. The minimum Gasteiger partial charge on any atom is -0.504 e. The number of rotatable bonds is 6. The van der Waals surface area contributed by atoms with Crippen LogP contribution in [-0.4, -0.2) is 33.9 Å². The van der Waals surface area contributed by atoms with E-state index >= 15 is 0 Å². The molecule has 0 aliphatic rings. The monoisotopic (exact) mass is 483 g/mol. The van der Waals surface area contributed by atoms with Crippen molar-refractivity contribution in [3.8, 4) is 28.6 Å². The lowest BCUT2D eigenvalue weighted by molar-refractivity contribution is -0.157. The Labute approximate surface area is 202 Å². The van der Waals surface area contributed by atoms with Gasteiger partial charge in [0, 0.05) is 17.7 Å². The van der Waals surface area contributed by atoms with E-state index in [1.165, 1.54) is 6.07 Å². The van der Waals surface area contributed by atoms with Crippen LogP contribution in [0.15, 0.2) is 51.7 Å². The van der Waals surface area contributed by atoms with Gasteiger partial charge in [0.15, 0.2) is 16.9 Å². The molecule has 9 nitrogen and oxygen atoms in total. The lowest BCUT2D eigenvalue weighted by Gasteiger charge is -2.25. The van der Waals surface area contributed by atoms with Gasteiger partial charge in [0.05, 0.1) is 0 Å². The number of carbonyl (C=O) groups excluding carboxylic acids is 2. The van der Waals surface area contributed by atoms with Crippen LogP contribution in [0.5, 0.6) is 17.2 Å². The number of hydrogen-bond donors (Lipinski definition) is 3. The first-order valence-electron chi connectivity index (χ1n) is 11.1. The summed E-state index contributed by atoms with van der Waals surface area (Å²) in [7, 11) is 0. The number of hydrogen-bond acceptors (Lipinski definition) is 8. The molecule has 186 valence electrons. The summed E-state index contributed by atoms with van der Waals surface area (Å²) in [5.41, 5.74) is -0.821. The molecule has 1 amide bonds. The number of phenolic OH excluding ortho intramolecular Hbond substituents is 2. The number of esters is 1. The first-order valence-corrected chi connectivity index (χ1v) is 11.1. The van der Waals surface area contributed by atoms with Crippen molar-refractivity contribution in [3.63, 3.8) is 0 Å². The highest BCUT2D eigenvalue weighted by molar-refractivity contribution is 5.90. The molecule has 0 saturated carbocycles. The molecule has 3 aromatic rings. The number of aromatic hydroxyl groups is 2. The van der Waals surface area contributed by atoms with Gasteiger partial charge in [-0.15, -0.1) is 0 Å². The van der Waals surface area contributed by atoms with E-state index in [2.05, 4.69) is 5.32 Å². The number of nitrogens with one attached hydrogen (secondary N) is 1. The number of amides is 1. The first-order chi connectivity index (χ1) is 16.4. The Hall–Kier alpha value is -4.01. The quantitative estimate of drug-likeness (QED) is 0.339. The van der Waals surface area contributed by atoms with Gasteiger partial charge < -0.3 is 29.4 Å². The van der Waals surface area contributed by atoms with Gasteiger partial charge in [0.1, 0.15) is 28.4 Å². The van der Waals surface area contributed by atoms with Crippen LogP contribution in [0.4, 0.5) is 4.79 Å². The molecular weight excluding hydrogens is 454 g/mol. The Morgan fingerprint density at radius 1 is 1.06 bits per heavy atom. The van der Waals surface area contributed by atoms with E-state index in [1.54, 1.807) is 51.1 Å². The lowest BCUT2D eigenvalue weighted by atomic mass is 10.0. The second-order valence-corrected chi connectivity index (χ2v) is 9.54. The van der Waals surface area contributed by atoms with Gasteiger partial charge in [-0.25, -0.2) is 9.59 Å². The van der Waals surface area contributed by atoms with Crippen molar-refractivity contribution in [3.05, 3.63) is 52.7 Å². The Kier molecular flexibility index (Phi) is 7.38. The second kappa shape index (κ2) is 10.1. The third-order valence-electron chi connectivity index (χ3n) is 4.88. The zero-order chi connectivity index (χ0) is 25.9. The third kappa shape index (κ3) is 6.32. The van der Waals surface area contributed by atoms with Gasteiger partial charge in [0.25, 0.3) is 0 Å². The van der Waals surface area contributed by atoms with Crippen LogP contribution in [0.1, 0.15) is 41.0 Å². The van der Waals surface area contributed by atoms with Crippen LogP contribution >= 0.6 is 0 Å². The average molecular weight is 484 g/mol. The predicted molar refractivity (Wildman–Crippen MR) is 129 cm³/mol. The van der Waals surface area contributed by atoms with E-state index in [-0.39, 0.29) is 29.1 Å². The van der Waals surface area contributed by atoms with Crippen molar-refractivity contribution in [2.75, 3.05) is 0 Å². The van der Waals surface area contributed by atoms with E-state index in [1.807, 2.05) is 13.8 Å². The molecule has 3 rings (SSSR count). The molecule has 0 aliphatic carbocycles. The van der Waals surface area contributed by atoms with Gasteiger partial charge in [-0.1, -0.05) is 44.2 Å². The maximum absolute atomic E-state index is 12.6. The maximum atomic E-state index is 12.6. The van der Waals surface area contributed by atoms with Gasteiger partial charge in [-0.2, -0.15) is 0 Å². The van der Waals surface area contributed by atoms with Crippen molar-refractivity contribution in [2.24, 2.45) is 5.92 Å². The summed E-state index contributed by atoms with van der Waals surface area (Å²) in [5.74, 6) is -2.41. The van der Waals surface area contributed by atoms with Gasteiger partial charge >= 0.3 is 12.1 Å². The standard InChI is InChI=1S/C26H29NO8/c1-14(2)11-16(24(31)35-26(3,4)5)27-25(32)34-20-13-19-21(23(30)22(20)29)17(28)12-18(33-19)15-9-7-6-8-10-15/h6-10,12-14,16,29-30H,11H2,1-5H3,(H,27,32)/t16-/m0/s1. The normalized spacial score (nSPS) is 12.4. The highest BCUT2D eigenvalue weighted by Gasteiger charge is 2.29. The van der Waals surface area contributed by atoms with Crippen LogP contribution < -0.4 is 15.5 Å². The molecule has 0 spiro atoms. The SMILES string of the molecule is CC(C)C[C@H](NC(=O)Oc1cc2oc(-c3ccccc3)cc(=O)c2c(O)c1O)C(=O)OC(C)(C)C. The first kappa shape index (κ1) is 25.6. The van der Waals surface area contributed by atoms with Crippen LogP contribution in [0, 0.1) is 5.92 Å². The van der Waals surface area contributed by atoms with Gasteiger partial charge in [0.2, 0.25) is 5.75 Å². The smallest absolute Gasteiger partial charge is 0.413 e. The summed E-state index contributed by atoms with van der Waals surface area (Å²) >= 11 is 0. The number of benzene rings is 2. The fraction of sp³-hybridized carbons (Fsp3) is 0.346. The van der Waals surface area contributed by atoms with Crippen LogP contribution in [0.25, 0.3) is 22.3 Å². The molecule has 9 heteroatoms. The average Bonchev–Trinajstić information content (AvgIpc) is 2.75. The zero-order valence-corrected chi connectivity index (χ0v) is 20.2. The Morgan fingerprint density at radius 2 is 1.71 bits per heavy atom. The molecule has 0 bridgehead atoms. The third-order valence-corrected chi connectivity index (χ3v) is 4.88. The van der Waals surface area contributed by atoms with Crippen molar-refractivity contribution < 1.29 is 33.7 Å². The summed E-state index contributed by atoms with van der Waals surface area (Å²) in [6.07, 6.45) is -0.772. The Bertz CT molecular complexity index is 1290. The molecule has 1 aromatic heterocycles. The second-order valence-electron chi connectivity index (χ2n) is 9.54. The fourth-order valence-corrected chi connectivity index (χ4v) is 3.42. The predicted octanol–water partition coefficient (Wildman–Crippen LogP) is 4.72. The summed E-state index contributed by atoms with van der Waals surface area (Å²) in [6.45, 7) is 8.89. The molecule has 2 aromatic carbocycles. The molecule has 35 heavy (non-hydrogen) atoms. The minimum absolute atomic E-state index is 0.0524. The van der Waals surface area contributed by atoms with E-state index in [0.29, 0.717) is 5.56 Å². The molecule has 0 unspecified atom stereocenters. The number of fused-ring (bicyclic) bond motifs is 1. The lowest BCUT2D eigenvalue weighted by Crippen LogP contribution is -2.45. The summed E-state index contributed by atoms with van der Waals surface area (Å²) in [5, 5.41) is 23.0. The van der Waals surface area contributed by atoms with Gasteiger partial charge in [-0.05, 0) is 33.1 Å². The van der Waals surface area contributed by atoms with E-state index in [9.17, 15) is 24.6 Å². The Morgan fingerprint density at radius 3 is 2.31 bits per heavy atom. The summed E-state index contributed by atoms with van der Waals surface area (Å²) in [4.78, 5) is 37.8. The molecule has 0 radical (unpaired) electrons. The van der Waals surface area contributed by atoms with Crippen LogP contribution in [0.2, 0.25) is 0 Å². The fourth-order valence-electron chi connectivity index (χ4n) is 3.42. The Balaban J connectivity index is 1.92. The van der Waals surface area contributed by atoms with Crippen molar-refractivity contribution in [1.29, 1.82) is 0 Å². The number of ether oxygens (including phenoxy) is 2. The van der Waals surface area contributed by atoms with Gasteiger partial charge in [-0.3, -0.25) is 4.79 Å². The maximum Gasteiger partial charge on any atom is 0.413 e. The number of phenols is 2. The highest BCUT2D eigenvalue weighted by atomic mass is 16.6. The largest absolute Gasteiger partial charge is 0.504 e. The summed E-state index contributed by atoms with van der Waals surface area (Å²) in [6, 6.07) is 10.1. The molecule has 0 fully saturated rings. The van der Waals surface area contributed by atoms with Crippen molar-refractivity contribution in [1.82, 2.24) is 5.32 Å². The van der Waals surface area contributed by atoms with Crippen molar-refractivity contribution in [2.45, 2.75) is 52.7 Å². The number of carbonyl (C=O) groups is 2.